The standard InChI is InChI=1S/C26H36N2O4/c1-25(2,3)31-20-14-12-19(13-15-20)17-22(24(30)32-26(4,5)6)28-23(29)21(27)16-18-10-8-7-9-11-18/h7-15,21-22H,16-17,27H2,1-6H3,(H,28,29)/t21-,22-/m0/s1. The number of nitrogens with two attached hydrogens (primary N) is 1. The summed E-state index contributed by atoms with van der Waals surface area (Å²) in [5.74, 6) is -0.144. The molecule has 0 aliphatic carbocycles. The zero-order valence-electron chi connectivity index (χ0n) is 20.0. The lowest BCUT2D eigenvalue weighted by atomic mass is 10.0. The number of ether oxygens (including phenoxy) is 2. The van der Waals surface area contributed by atoms with Crippen LogP contribution < -0.4 is 15.8 Å². The fraction of sp³-hybridized carbons (Fsp3) is 0.462. The molecule has 0 aliphatic heterocycles. The van der Waals surface area contributed by atoms with Gasteiger partial charge in [-0.2, -0.15) is 0 Å². The second kappa shape index (κ2) is 10.6. The molecule has 1 amide bonds. The molecule has 0 aliphatic rings. The van der Waals surface area contributed by atoms with E-state index >= 15 is 0 Å². The Bertz CT molecular complexity index is 881. The maximum absolute atomic E-state index is 12.8. The van der Waals surface area contributed by atoms with Crippen molar-refractivity contribution in [2.75, 3.05) is 0 Å². The third-order valence-electron chi connectivity index (χ3n) is 4.43. The van der Waals surface area contributed by atoms with Crippen LogP contribution in [0.2, 0.25) is 0 Å². The van der Waals surface area contributed by atoms with E-state index in [2.05, 4.69) is 5.32 Å². The van der Waals surface area contributed by atoms with Crippen LogP contribution in [0.1, 0.15) is 52.7 Å². The molecule has 0 aromatic heterocycles. The Morgan fingerprint density at radius 3 is 1.94 bits per heavy atom. The number of carbonyl (C=O) groups is 2. The van der Waals surface area contributed by atoms with Crippen molar-refractivity contribution in [2.45, 2.75) is 77.7 Å². The minimum absolute atomic E-state index is 0.286. The predicted molar refractivity (Wildman–Crippen MR) is 126 cm³/mol. The van der Waals surface area contributed by atoms with Crippen LogP contribution in [0.5, 0.6) is 5.75 Å². The number of hydrogen-bond acceptors (Lipinski definition) is 5. The van der Waals surface area contributed by atoms with Gasteiger partial charge in [0, 0.05) is 6.42 Å². The first kappa shape index (κ1) is 25.4. The molecular formula is C26H36N2O4. The number of benzene rings is 2. The molecule has 6 nitrogen and oxygen atoms in total. The van der Waals surface area contributed by atoms with Gasteiger partial charge in [-0.15, -0.1) is 0 Å². The molecule has 0 fully saturated rings. The minimum atomic E-state index is -0.849. The van der Waals surface area contributed by atoms with Crippen molar-refractivity contribution in [3.8, 4) is 5.75 Å². The van der Waals surface area contributed by atoms with E-state index in [4.69, 9.17) is 15.2 Å². The van der Waals surface area contributed by atoms with Crippen LogP contribution in [-0.2, 0) is 27.2 Å². The van der Waals surface area contributed by atoms with Gasteiger partial charge in [0.2, 0.25) is 5.91 Å². The van der Waals surface area contributed by atoms with Crippen LogP contribution in [0.15, 0.2) is 54.6 Å². The normalized spacial score (nSPS) is 13.7. The molecule has 0 radical (unpaired) electrons. The van der Waals surface area contributed by atoms with E-state index in [1.54, 1.807) is 20.8 Å². The van der Waals surface area contributed by atoms with Crippen LogP contribution in [0, 0.1) is 0 Å². The van der Waals surface area contributed by atoms with Gasteiger partial charge in [0.25, 0.3) is 0 Å². The molecule has 2 aromatic carbocycles. The maximum atomic E-state index is 12.8. The molecule has 0 saturated carbocycles. The van der Waals surface area contributed by atoms with Crippen molar-refractivity contribution >= 4 is 11.9 Å². The van der Waals surface area contributed by atoms with Gasteiger partial charge < -0.3 is 20.5 Å². The molecule has 2 atom stereocenters. The molecule has 0 heterocycles. The molecule has 0 spiro atoms. The number of carbonyl (C=O) groups excluding carboxylic acids is 2. The fourth-order valence-corrected chi connectivity index (χ4v) is 3.09. The molecule has 174 valence electrons. The Balaban J connectivity index is 2.11. The smallest absolute Gasteiger partial charge is 0.329 e. The van der Waals surface area contributed by atoms with Gasteiger partial charge in [-0.1, -0.05) is 42.5 Å². The fourth-order valence-electron chi connectivity index (χ4n) is 3.09. The second-order valence-corrected chi connectivity index (χ2v) is 9.95. The predicted octanol–water partition coefficient (Wildman–Crippen LogP) is 3.80. The Morgan fingerprint density at radius 1 is 0.844 bits per heavy atom. The van der Waals surface area contributed by atoms with Crippen LogP contribution >= 0.6 is 0 Å². The summed E-state index contributed by atoms with van der Waals surface area (Å²) in [4.78, 5) is 25.6. The zero-order chi connectivity index (χ0) is 23.9. The van der Waals surface area contributed by atoms with Crippen molar-refractivity contribution in [2.24, 2.45) is 5.73 Å². The highest BCUT2D eigenvalue weighted by molar-refractivity contribution is 5.88. The summed E-state index contributed by atoms with van der Waals surface area (Å²) in [6.45, 7) is 11.3. The molecule has 32 heavy (non-hydrogen) atoms. The summed E-state index contributed by atoms with van der Waals surface area (Å²) in [5, 5.41) is 2.79. The summed E-state index contributed by atoms with van der Waals surface area (Å²) in [5.41, 5.74) is 6.98. The minimum Gasteiger partial charge on any atom is -0.488 e. The van der Waals surface area contributed by atoms with Crippen molar-refractivity contribution < 1.29 is 19.1 Å². The van der Waals surface area contributed by atoms with E-state index in [0.717, 1.165) is 16.9 Å². The highest BCUT2D eigenvalue weighted by atomic mass is 16.6. The first-order valence-corrected chi connectivity index (χ1v) is 10.9. The average molecular weight is 441 g/mol. The number of nitrogens with one attached hydrogen (secondary N) is 1. The second-order valence-electron chi connectivity index (χ2n) is 9.95. The summed E-state index contributed by atoms with van der Waals surface area (Å²) in [6.07, 6.45) is 0.668. The lowest BCUT2D eigenvalue weighted by molar-refractivity contribution is -0.158. The molecule has 0 unspecified atom stereocenters. The van der Waals surface area contributed by atoms with Gasteiger partial charge in [0.05, 0.1) is 6.04 Å². The molecule has 2 rings (SSSR count). The highest BCUT2D eigenvalue weighted by Gasteiger charge is 2.28. The van der Waals surface area contributed by atoms with Gasteiger partial charge in [-0.25, -0.2) is 4.79 Å². The molecule has 2 aromatic rings. The van der Waals surface area contributed by atoms with Gasteiger partial charge in [-0.3, -0.25) is 4.79 Å². The van der Waals surface area contributed by atoms with Gasteiger partial charge >= 0.3 is 5.97 Å². The molecular weight excluding hydrogens is 404 g/mol. The van der Waals surface area contributed by atoms with Gasteiger partial charge in [-0.05, 0) is 71.2 Å². The van der Waals surface area contributed by atoms with Crippen LogP contribution in [0.3, 0.4) is 0 Å². The van der Waals surface area contributed by atoms with E-state index < -0.39 is 29.6 Å². The summed E-state index contributed by atoms with van der Waals surface area (Å²) in [7, 11) is 0. The first-order valence-electron chi connectivity index (χ1n) is 10.9. The monoisotopic (exact) mass is 440 g/mol. The largest absolute Gasteiger partial charge is 0.488 e. The third-order valence-corrected chi connectivity index (χ3v) is 4.43. The Kier molecular flexibility index (Phi) is 8.44. The molecule has 6 heteroatoms. The van der Waals surface area contributed by atoms with Gasteiger partial charge in [0.1, 0.15) is 23.0 Å². The van der Waals surface area contributed by atoms with Crippen LogP contribution in [0.25, 0.3) is 0 Å². The average Bonchev–Trinajstić information content (AvgIpc) is 2.67. The molecule has 0 saturated heterocycles. The summed E-state index contributed by atoms with van der Waals surface area (Å²) < 4.78 is 11.4. The highest BCUT2D eigenvalue weighted by Crippen LogP contribution is 2.20. The van der Waals surface area contributed by atoms with Crippen LogP contribution in [-0.4, -0.2) is 35.2 Å². The Morgan fingerprint density at radius 2 is 1.41 bits per heavy atom. The van der Waals surface area contributed by atoms with Gasteiger partial charge in [0.15, 0.2) is 0 Å². The van der Waals surface area contributed by atoms with Crippen molar-refractivity contribution in [3.63, 3.8) is 0 Å². The summed E-state index contributed by atoms with van der Waals surface area (Å²) in [6, 6.07) is 15.4. The van der Waals surface area contributed by atoms with E-state index in [1.165, 1.54) is 0 Å². The number of amides is 1. The maximum Gasteiger partial charge on any atom is 0.329 e. The van der Waals surface area contributed by atoms with E-state index in [1.807, 2.05) is 75.4 Å². The van der Waals surface area contributed by atoms with E-state index in [-0.39, 0.29) is 12.0 Å². The van der Waals surface area contributed by atoms with E-state index in [0.29, 0.717) is 6.42 Å². The number of hydrogen-bond donors (Lipinski definition) is 2. The van der Waals surface area contributed by atoms with Crippen molar-refractivity contribution in [1.29, 1.82) is 0 Å². The SMILES string of the molecule is CC(C)(C)OC(=O)[C@H](Cc1ccc(OC(C)(C)C)cc1)NC(=O)[C@@H](N)Cc1ccccc1. The quantitative estimate of drug-likeness (QED) is 0.609. The Labute approximate surface area is 191 Å². The lowest BCUT2D eigenvalue weighted by Gasteiger charge is -2.26. The van der Waals surface area contributed by atoms with Crippen LogP contribution in [0.4, 0.5) is 0 Å². The van der Waals surface area contributed by atoms with E-state index in [9.17, 15) is 9.59 Å². The lowest BCUT2D eigenvalue weighted by Crippen LogP contribution is -2.51. The number of rotatable bonds is 8. The van der Waals surface area contributed by atoms with Crippen molar-refractivity contribution in [1.82, 2.24) is 5.32 Å². The van der Waals surface area contributed by atoms with Crippen molar-refractivity contribution in [3.05, 3.63) is 65.7 Å². The number of esters is 1. The molecule has 0 bridgehead atoms. The first-order chi connectivity index (χ1) is 14.8. The topological polar surface area (TPSA) is 90.6 Å². The zero-order valence-corrected chi connectivity index (χ0v) is 20.0. The Hall–Kier alpha value is -2.86. The summed E-state index contributed by atoms with van der Waals surface area (Å²) >= 11 is 0. The molecule has 3 N–H and O–H groups in total. The third kappa shape index (κ3) is 9.10.